The summed E-state index contributed by atoms with van der Waals surface area (Å²) in [4.78, 5) is 24.9. The van der Waals surface area contributed by atoms with Crippen LogP contribution in [0.5, 0.6) is 0 Å². The first-order valence-corrected chi connectivity index (χ1v) is 6.03. The fourth-order valence-electron chi connectivity index (χ4n) is 1.46. The van der Waals surface area contributed by atoms with Crippen molar-refractivity contribution in [2.24, 2.45) is 0 Å². The Morgan fingerprint density at radius 2 is 2.56 bits per heavy atom. The maximum Gasteiger partial charge on any atom is 0.351 e. The lowest BCUT2D eigenvalue weighted by Gasteiger charge is -2.14. The van der Waals surface area contributed by atoms with Crippen LogP contribution in [-0.2, 0) is 14.3 Å². The molecule has 98 valence electrons. The molecule has 0 unspecified atom stereocenters. The molecule has 2 rings (SSSR count). The number of aromatic nitrogens is 2. The van der Waals surface area contributed by atoms with E-state index in [0.717, 1.165) is 10.8 Å². The smallest absolute Gasteiger partial charge is 0.351 e. The number of nitrogen functional groups attached to an aromatic ring is 1. The van der Waals surface area contributed by atoms with Crippen LogP contribution in [0.1, 0.15) is 6.23 Å². The van der Waals surface area contributed by atoms with E-state index in [1.54, 1.807) is 0 Å². The van der Waals surface area contributed by atoms with Gasteiger partial charge in [0, 0.05) is 5.75 Å². The molecule has 2 N–H and O–H groups in total. The van der Waals surface area contributed by atoms with E-state index in [2.05, 4.69) is 9.72 Å². The van der Waals surface area contributed by atoms with Gasteiger partial charge in [0.2, 0.25) is 0 Å². The van der Waals surface area contributed by atoms with Crippen molar-refractivity contribution >= 4 is 24.1 Å². The van der Waals surface area contributed by atoms with Crippen LogP contribution in [-0.4, -0.2) is 33.8 Å². The number of halogens is 1. The molecule has 1 aliphatic heterocycles. The number of ether oxygens (including phenoxy) is 2. The summed E-state index contributed by atoms with van der Waals surface area (Å²) in [5.74, 6) is -0.795. The van der Waals surface area contributed by atoms with E-state index in [-0.39, 0.29) is 12.0 Å². The minimum absolute atomic E-state index is 0.0737. The average Bonchev–Trinajstić information content (AvgIpc) is 2.79. The van der Waals surface area contributed by atoms with E-state index < -0.39 is 23.6 Å². The van der Waals surface area contributed by atoms with E-state index in [4.69, 9.17) is 10.5 Å². The summed E-state index contributed by atoms with van der Waals surface area (Å²) < 4.78 is 24.2. The van der Waals surface area contributed by atoms with E-state index in [1.807, 2.05) is 0 Å². The Labute approximate surface area is 105 Å². The Balaban J connectivity index is 2.12. The van der Waals surface area contributed by atoms with Gasteiger partial charge in [0.05, 0.1) is 6.20 Å². The molecule has 0 aromatic carbocycles. The lowest BCUT2D eigenvalue weighted by Crippen LogP contribution is -2.30. The molecule has 0 amide bonds. The monoisotopic (exact) mass is 275 g/mol. The van der Waals surface area contributed by atoms with Crippen molar-refractivity contribution in [3.8, 4) is 0 Å². The number of hydrogen-bond acceptors (Lipinski definition) is 7. The van der Waals surface area contributed by atoms with Crippen molar-refractivity contribution in [2.75, 3.05) is 18.1 Å². The van der Waals surface area contributed by atoms with Crippen molar-refractivity contribution in [1.29, 1.82) is 0 Å². The largest absolute Gasteiger partial charge is 0.464 e. The van der Waals surface area contributed by atoms with Crippen LogP contribution in [0.3, 0.4) is 0 Å². The third-order valence-corrected chi connectivity index (χ3v) is 3.37. The van der Waals surface area contributed by atoms with E-state index in [1.165, 1.54) is 11.8 Å². The van der Waals surface area contributed by atoms with Crippen molar-refractivity contribution in [3.63, 3.8) is 0 Å². The quantitative estimate of drug-likeness (QED) is 0.755. The molecule has 9 heteroatoms. The normalized spacial score (nSPS) is 22.9. The van der Waals surface area contributed by atoms with Gasteiger partial charge >= 0.3 is 5.69 Å². The zero-order valence-corrected chi connectivity index (χ0v) is 9.93. The second kappa shape index (κ2) is 5.36. The molecule has 1 fully saturated rings. The molecule has 1 aromatic rings. The molecule has 1 saturated heterocycles. The first kappa shape index (κ1) is 12.8. The van der Waals surface area contributed by atoms with E-state index >= 15 is 0 Å². The van der Waals surface area contributed by atoms with Crippen LogP contribution in [0, 0.1) is 5.82 Å². The first-order chi connectivity index (χ1) is 8.61. The van der Waals surface area contributed by atoms with E-state index in [0.29, 0.717) is 12.2 Å². The summed E-state index contributed by atoms with van der Waals surface area (Å²) in [6.45, 7) is 0.387. The van der Waals surface area contributed by atoms with Crippen LogP contribution in [0.2, 0.25) is 0 Å². The number of anilines is 1. The zero-order valence-electron chi connectivity index (χ0n) is 9.11. The summed E-state index contributed by atoms with van der Waals surface area (Å²) in [7, 11) is 0. The zero-order chi connectivity index (χ0) is 13.1. The number of carbonyl (C=O) groups is 1. The van der Waals surface area contributed by atoms with Crippen molar-refractivity contribution in [3.05, 3.63) is 22.5 Å². The summed E-state index contributed by atoms with van der Waals surface area (Å²) in [5, 5.41) is 0. The van der Waals surface area contributed by atoms with Gasteiger partial charge in [-0.25, -0.2) is 9.18 Å². The Morgan fingerprint density at radius 3 is 3.28 bits per heavy atom. The van der Waals surface area contributed by atoms with Crippen LogP contribution < -0.4 is 11.4 Å². The molecule has 7 nitrogen and oxygen atoms in total. The van der Waals surface area contributed by atoms with Crippen molar-refractivity contribution in [2.45, 2.75) is 11.7 Å². The summed E-state index contributed by atoms with van der Waals surface area (Å²) >= 11 is 1.36. The highest BCUT2D eigenvalue weighted by atomic mass is 32.2. The third-order valence-electron chi connectivity index (χ3n) is 2.28. The van der Waals surface area contributed by atoms with Gasteiger partial charge in [0.1, 0.15) is 18.3 Å². The van der Waals surface area contributed by atoms with Crippen molar-refractivity contribution < 1.29 is 18.7 Å². The highest BCUT2D eigenvalue weighted by Crippen LogP contribution is 2.31. The summed E-state index contributed by atoms with van der Waals surface area (Å²) in [5.41, 5.74) is 4.11. The lowest BCUT2D eigenvalue weighted by atomic mass is 10.5. The minimum atomic E-state index is -0.782. The van der Waals surface area contributed by atoms with Crippen LogP contribution >= 0.6 is 11.8 Å². The molecule has 1 aromatic heterocycles. The number of thioether (sulfide) groups is 1. The van der Waals surface area contributed by atoms with E-state index in [9.17, 15) is 14.0 Å². The fourth-order valence-corrected chi connectivity index (χ4v) is 2.46. The summed E-state index contributed by atoms with van der Waals surface area (Å²) in [6.07, 6.45) is 0.309. The van der Waals surface area contributed by atoms with Crippen LogP contribution in [0.4, 0.5) is 10.2 Å². The predicted octanol–water partition coefficient (Wildman–Crippen LogP) is -0.274. The second-order valence-corrected chi connectivity index (χ2v) is 4.64. The Hall–Kier alpha value is -1.61. The molecule has 1 aliphatic rings. The topological polar surface area (TPSA) is 96.4 Å². The Morgan fingerprint density at radius 1 is 1.78 bits per heavy atom. The molecule has 0 spiro atoms. The van der Waals surface area contributed by atoms with Gasteiger partial charge in [-0.3, -0.25) is 9.36 Å². The number of nitrogens with two attached hydrogens (primary N) is 1. The molecule has 0 aliphatic carbocycles. The van der Waals surface area contributed by atoms with Crippen molar-refractivity contribution in [1.82, 2.24) is 9.55 Å². The van der Waals surface area contributed by atoms with Gasteiger partial charge in [-0.15, -0.1) is 11.8 Å². The number of nitrogens with zero attached hydrogens (tertiary/aromatic N) is 2. The molecule has 2 heterocycles. The first-order valence-electron chi connectivity index (χ1n) is 4.98. The molecule has 0 radical (unpaired) electrons. The standard InChI is InChI=1S/C9H10FN3O4S/c10-5-1-13(9(15)12-8(5)11)6-3-18-7(17-6)2-16-4-14/h1,4,6-7H,2-3H2,(H2,11,12,15)/t6-,7+/m0/s1. The molecular weight excluding hydrogens is 265 g/mol. The van der Waals surface area contributed by atoms with Gasteiger partial charge in [0.25, 0.3) is 6.47 Å². The molecule has 18 heavy (non-hydrogen) atoms. The van der Waals surface area contributed by atoms with Gasteiger partial charge in [0.15, 0.2) is 11.6 Å². The Bertz CT molecular complexity index is 509. The summed E-state index contributed by atoms with van der Waals surface area (Å²) in [6, 6.07) is 0. The highest BCUT2D eigenvalue weighted by Gasteiger charge is 2.29. The van der Waals surface area contributed by atoms with Gasteiger partial charge in [-0.05, 0) is 0 Å². The van der Waals surface area contributed by atoms with Gasteiger partial charge in [-0.1, -0.05) is 0 Å². The lowest BCUT2D eigenvalue weighted by molar-refractivity contribution is -0.131. The second-order valence-electron chi connectivity index (χ2n) is 3.45. The average molecular weight is 275 g/mol. The molecular formula is C9H10FN3O4S. The highest BCUT2D eigenvalue weighted by molar-refractivity contribution is 8.00. The maximum absolute atomic E-state index is 13.2. The predicted molar refractivity (Wildman–Crippen MR) is 61.3 cm³/mol. The van der Waals surface area contributed by atoms with Crippen LogP contribution in [0.25, 0.3) is 0 Å². The minimum Gasteiger partial charge on any atom is -0.464 e. The Kier molecular flexibility index (Phi) is 3.82. The van der Waals surface area contributed by atoms with Gasteiger partial charge in [-0.2, -0.15) is 4.98 Å². The third kappa shape index (κ3) is 2.62. The van der Waals surface area contributed by atoms with Gasteiger partial charge < -0.3 is 15.2 Å². The molecule has 0 saturated carbocycles. The number of carbonyl (C=O) groups excluding carboxylic acids is 1. The molecule has 0 bridgehead atoms. The fraction of sp³-hybridized carbons (Fsp3) is 0.444. The SMILES string of the molecule is Nc1nc(=O)n([C@@H]2CS[C@H](COC=O)O2)cc1F. The maximum atomic E-state index is 13.2. The number of hydrogen-bond donors (Lipinski definition) is 1. The molecule has 2 atom stereocenters. The van der Waals surface area contributed by atoms with Crippen LogP contribution in [0.15, 0.2) is 11.0 Å². The number of rotatable bonds is 4.